The molecule has 0 radical (unpaired) electrons. The molecular formula is C9H17N3O6. The summed E-state index contributed by atoms with van der Waals surface area (Å²) in [7, 11) is 0. The summed E-state index contributed by atoms with van der Waals surface area (Å²) in [5.74, 6) is -2.92. The van der Waals surface area contributed by atoms with Crippen molar-refractivity contribution in [3.05, 3.63) is 0 Å². The molecule has 18 heavy (non-hydrogen) atoms. The quantitative estimate of drug-likeness (QED) is 0.276. The van der Waals surface area contributed by atoms with Crippen LogP contribution in [0.4, 0.5) is 0 Å². The zero-order chi connectivity index (χ0) is 14.3. The number of rotatable bonds is 7. The van der Waals surface area contributed by atoms with Gasteiger partial charge in [-0.25, -0.2) is 4.79 Å². The largest absolute Gasteiger partial charge is 0.480 e. The molecule has 0 saturated heterocycles. The first-order valence-corrected chi connectivity index (χ1v) is 5.14. The second-order valence-corrected chi connectivity index (χ2v) is 3.63. The topological polar surface area (TPSA) is 162 Å². The summed E-state index contributed by atoms with van der Waals surface area (Å²) in [6.07, 6.45) is -1.28. The number of carbonyl (C=O) groups is 3. The van der Waals surface area contributed by atoms with E-state index in [0.717, 1.165) is 0 Å². The van der Waals surface area contributed by atoms with Gasteiger partial charge in [0, 0.05) is 0 Å². The number of hydrogen-bond acceptors (Lipinski definition) is 6. The number of hydrogen-bond donors (Lipinski definition) is 6. The average Bonchev–Trinajstić information content (AvgIpc) is 2.30. The fourth-order valence-electron chi connectivity index (χ4n) is 0.995. The molecule has 2 amide bonds. The maximum atomic E-state index is 11.3. The lowest BCUT2D eigenvalue weighted by molar-refractivity contribution is -0.144. The summed E-state index contributed by atoms with van der Waals surface area (Å²) in [4.78, 5) is 33.0. The van der Waals surface area contributed by atoms with Gasteiger partial charge in [0.1, 0.15) is 6.04 Å². The van der Waals surface area contributed by atoms with Crippen LogP contribution in [-0.4, -0.2) is 64.4 Å². The lowest BCUT2D eigenvalue weighted by Gasteiger charge is -2.17. The minimum atomic E-state index is -1.46. The number of aliphatic carboxylic acids is 1. The Morgan fingerprint density at radius 2 is 1.89 bits per heavy atom. The van der Waals surface area contributed by atoms with Crippen LogP contribution in [0.15, 0.2) is 0 Å². The monoisotopic (exact) mass is 263 g/mol. The number of carboxylic acids is 1. The Hall–Kier alpha value is -1.71. The van der Waals surface area contributed by atoms with Gasteiger partial charge in [-0.3, -0.25) is 9.59 Å². The van der Waals surface area contributed by atoms with Crippen molar-refractivity contribution < 1.29 is 29.7 Å². The number of nitrogens with one attached hydrogen (secondary N) is 2. The van der Waals surface area contributed by atoms with Gasteiger partial charge in [-0.2, -0.15) is 0 Å². The fourth-order valence-corrected chi connectivity index (χ4v) is 0.995. The van der Waals surface area contributed by atoms with E-state index in [4.69, 9.17) is 21.1 Å². The van der Waals surface area contributed by atoms with E-state index in [-0.39, 0.29) is 0 Å². The van der Waals surface area contributed by atoms with E-state index in [9.17, 15) is 14.4 Å². The molecule has 9 nitrogen and oxygen atoms in total. The smallest absolute Gasteiger partial charge is 0.328 e. The highest BCUT2D eigenvalue weighted by molar-refractivity contribution is 5.89. The van der Waals surface area contributed by atoms with Crippen molar-refractivity contribution in [2.75, 3.05) is 13.2 Å². The summed E-state index contributed by atoms with van der Waals surface area (Å²) in [5, 5.41) is 30.5. The van der Waals surface area contributed by atoms with E-state index >= 15 is 0 Å². The maximum absolute atomic E-state index is 11.3. The normalized spacial score (nSPS) is 15.3. The third kappa shape index (κ3) is 5.57. The molecule has 104 valence electrons. The lowest BCUT2D eigenvalue weighted by Crippen LogP contribution is -2.52. The van der Waals surface area contributed by atoms with Crippen molar-refractivity contribution in [2.24, 2.45) is 5.73 Å². The molecule has 0 aromatic heterocycles. The van der Waals surface area contributed by atoms with Crippen LogP contribution in [0, 0.1) is 0 Å². The number of aliphatic hydroxyl groups excluding tert-OH is 2. The van der Waals surface area contributed by atoms with Gasteiger partial charge in [0.2, 0.25) is 11.8 Å². The maximum Gasteiger partial charge on any atom is 0.328 e. The molecule has 0 aliphatic carbocycles. The van der Waals surface area contributed by atoms with Crippen LogP contribution in [-0.2, 0) is 14.4 Å². The van der Waals surface area contributed by atoms with Crippen molar-refractivity contribution in [3.8, 4) is 0 Å². The number of nitrogens with two attached hydrogens (primary N) is 1. The van der Waals surface area contributed by atoms with Crippen LogP contribution >= 0.6 is 0 Å². The molecule has 3 unspecified atom stereocenters. The van der Waals surface area contributed by atoms with Crippen molar-refractivity contribution >= 4 is 17.8 Å². The SMILES string of the molecule is CC(O)C(NC(=O)CNC(=O)C(N)CO)C(=O)O. The molecule has 0 fully saturated rings. The first kappa shape index (κ1) is 16.3. The Kier molecular flexibility index (Phi) is 6.86. The van der Waals surface area contributed by atoms with Crippen molar-refractivity contribution in [2.45, 2.75) is 25.1 Å². The number of carbonyl (C=O) groups excluding carboxylic acids is 2. The Morgan fingerprint density at radius 3 is 2.28 bits per heavy atom. The molecule has 0 rings (SSSR count). The minimum Gasteiger partial charge on any atom is -0.480 e. The standard InChI is InChI=1S/C9H17N3O6/c1-4(14)7(9(17)18)12-6(15)2-11-8(16)5(10)3-13/h4-5,7,13-14H,2-3,10H2,1H3,(H,11,16)(H,12,15)(H,17,18). The van der Waals surface area contributed by atoms with E-state index in [1.54, 1.807) is 0 Å². The van der Waals surface area contributed by atoms with Gasteiger partial charge in [0.25, 0.3) is 0 Å². The van der Waals surface area contributed by atoms with Gasteiger partial charge in [-0.1, -0.05) is 0 Å². The van der Waals surface area contributed by atoms with Crippen LogP contribution in [0.2, 0.25) is 0 Å². The van der Waals surface area contributed by atoms with E-state index < -0.39 is 49.1 Å². The second kappa shape index (κ2) is 7.58. The first-order chi connectivity index (χ1) is 8.29. The molecule has 0 saturated carbocycles. The van der Waals surface area contributed by atoms with Crippen LogP contribution in [0.1, 0.15) is 6.92 Å². The summed E-state index contributed by atoms with van der Waals surface area (Å²) >= 11 is 0. The van der Waals surface area contributed by atoms with Crippen LogP contribution in [0.3, 0.4) is 0 Å². The molecule has 0 aromatic carbocycles. The van der Waals surface area contributed by atoms with Crippen LogP contribution in [0.25, 0.3) is 0 Å². The summed E-state index contributed by atoms with van der Waals surface area (Å²) in [5.41, 5.74) is 5.17. The van der Waals surface area contributed by atoms with Gasteiger partial charge < -0.3 is 31.7 Å². The molecule has 0 spiro atoms. The van der Waals surface area contributed by atoms with Crippen molar-refractivity contribution in [1.29, 1.82) is 0 Å². The predicted octanol–water partition coefficient (Wildman–Crippen LogP) is -3.63. The number of amides is 2. The summed E-state index contributed by atoms with van der Waals surface area (Å²) < 4.78 is 0. The summed E-state index contributed by atoms with van der Waals surface area (Å²) in [6, 6.07) is -2.61. The lowest BCUT2D eigenvalue weighted by atomic mass is 10.2. The molecule has 9 heteroatoms. The molecular weight excluding hydrogens is 246 g/mol. The van der Waals surface area contributed by atoms with E-state index in [1.165, 1.54) is 6.92 Å². The Morgan fingerprint density at radius 1 is 1.33 bits per heavy atom. The first-order valence-electron chi connectivity index (χ1n) is 5.14. The highest BCUT2D eigenvalue weighted by Crippen LogP contribution is 1.92. The van der Waals surface area contributed by atoms with E-state index in [1.807, 2.05) is 5.32 Å². The van der Waals surface area contributed by atoms with Crippen LogP contribution in [0.5, 0.6) is 0 Å². The molecule has 0 aliphatic heterocycles. The molecule has 0 heterocycles. The van der Waals surface area contributed by atoms with Gasteiger partial charge in [-0.05, 0) is 6.92 Å². The third-order valence-electron chi connectivity index (χ3n) is 2.02. The number of carboxylic acid groups (broad SMARTS) is 1. The van der Waals surface area contributed by atoms with E-state index in [2.05, 4.69) is 5.32 Å². The van der Waals surface area contributed by atoms with Crippen molar-refractivity contribution in [1.82, 2.24) is 10.6 Å². The molecule has 7 N–H and O–H groups in total. The van der Waals surface area contributed by atoms with Gasteiger partial charge >= 0.3 is 5.97 Å². The Bertz CT molecular complexity index is 319. The van der Waals surface area contributed by atoms with Gasteiger partial charge in [0.15, 0.2) is 6.04 Å². The molecule has 0 bridgehead atoms. The van der Waals surface area contributed by atoms with Crippen molar-refractivity contribution in [3.63, 3.8) is 0 Å². The van der Waals surface area contributed by atoms with Crippen LogP contribution < -0.4 is 16.4 Å². The highest BCUT2D eigenvalue weighted by Gasteiger charge is 2.25. The summed E-state index contributed by atoms with van der Waals surface area (Å²) in [6.45, 7) is 0.140. The Balaban J connectivity index is 4.19. The van der Waals surface area contributed by atoms with E-state index in [0.29, 0.717) is 0 Å². The molecule has 0 aliphatic rings. The van der Waals surface area contributed by atoms with Gasteiger partial charge in [-0.15, -0.1) is 0 Å². The third-order valence-corrected chi connectivity index (χ3v) is 2.02. The second-order valence-electron chi connectivity index (χ2n) is 3.63. The molecule has 0 aromatic rings. The highest BCUT2D eigenvalue weighted by atomic mass is 16.4. The zero-order valence-electron chi connectivity index (χ0n) is 9.79. The van der Waals surface area contributed by atoms with Gasteiger partial charge in [0.05, 0.1) is 19.3 Å². The predicted molar refractivity (Wildman–Crippen MR) is 59.3 cm³/mol. The number of aliphatic hydroxyl groups is 2. The molecule has 3 atom stereocenters. The average molecular weight is 263 g/mol. The zero-order valence-corrected chi connectivity index (χ0v) is 9.79. The Labute approximate surface area is 103 Å². The minimum absolute atomic E-state index is 0.497. The fraction of sp³-hybridized carbons (Fsp3) is 0.667.